The van der Waals surface area contributed by atoms with Gasteiger partial charge in [0, 0.05) is 24.2 Å². The summed E-state index contributed by atoms with van der Waals surface area (Å²) in [5, 5.41) is 12.7. The van der Waals surface area contributed by atoms with E-state index >= 15 is 0 Å². The fourth-order valence-electron chi connectivity index (χ4n) is 3.10. The number of carbonyl (C=O) groups excluding carboxylic acids is 1. The molecule has 1 aliphatic rings. The molecular formula is C17H24Cl3N3O3. The number of carboxylic acid groups (broad SMARTS) is 1. The van der Waals surface area contributed by atoms with E-state index in [0.717, 1.165) is 25.9 Å². The molecule has 0 spiro atoms. The summed E-state index contributed by atoms with van der Waals surface area (Å²) in [4.78, 5) is 27.2. The van der Waals surface area contributed by atoms with Gasteiger partial charge in [-0.2, -0.15) is 0 Å². The van der Waals surface area contributed by atoms with E-state index in [4.69, 9.17) is 28.3 Å². The molecule has 0 radical (unpaired) electrons. The highest BCUT2D eigenvalue weighted by molar-refractivity contribution is 6.36. The average molecular weight is 425 g/mol. The van der Waals surface area contributed by atoms with E-state index in [1.54, 1.807) is 18.2 Å². The maximum Gasteiger partial charge on any atom is 0.317 e. The predicted octanol–water partition coefficient (Wildman–Crippen LogP) is 3.22. The van der Waals surface area contributed by atoms with Crippen LogP contribution < -0.4 is 5.32 Å². The smallest absolute Gasteiger partial charge is 0.317 e. The number of carboxylic acids is 1. The van der Waals surface area contributed by atoms with Gasteiger partial charge in [-0.15, -0.1) is 12.4 Å². The quantitative estimate of drug-likeness (QED) is 0.703. The second-order valence-corrected chi connectivity index (χ2v) is 6.98. The van der Waals surface area contributed by atoms with Crippen LogP contribution in [0.5, 0.6) is 0 Å². The molecule has 0 aliphatic carbocycles. The molecule has 146 valence electrons. The summed E-state index contributed by atoms with van der Waals surface area (Å²) < 4.78 is 0. The summed E-state index contributed by atoms with van der Waals surface area (Å²) in [6.07, 6.45) is 1.71. The summed E-state index contributed by atoms with van der Waals surface area (Å²) in [6, 6.07) is 5.20. The lowest BCUT2D eigenvalue weighted by atomic mass is 10.0. The number of rotatable bonds is 7. The topological polar surface area (TPSA) is 72.9 Å². The van der Waals surface area contributed by atoms with Gasteiger partial charge in [-0.1, -0.05) is 30.1 Å². The number of nitrogens with one attached hydrogen (secondary N) is 1. The molecule has 6 nitrogen and oxygen atoms in total. The van der Waals surface area contributed by atoms with Crippen LogP contribution >= 0.6 is 35.6 Å². The second-order valence-electron chi connectivity index (χ2n) is 6.14. The van der Waals surface area contributed by atoms with Crippen LogP contribution in [0.25, 0.3) is 0 Å². The average Bonchev–Trinajstić information content (AvgIpc) is 2.56. The number of carbonyl (C=O) groups is 2. The zero-order valence-corrected chi connectivity index (χ0v) is 16.9. The normalized spacial score (nSPS) is 15.5. The van der Waals surface area contributed by atoms with Gasteiger partial charge in [-0.25, -0.2) is 0 Å². The van der Waals surface area contributed by atoms with Crippen LogP contribution in [0, 0.1) is 0 Å². The number of nitrogens with zero attached hydrogens (tertiary/aromatic N) is 2. The van der Waals surface area contributed by atoms with Crippen molar-refractivity contribution in [2.75, 3.05) is 38.0 Å². The van der Waals surface area contributed by atoms with Crippen LogP contribution in [-0.4, -0.2) is 65.5 Å². The third-order valence-corrected chi connectivity index (χ3v) is 4.94. The lowest BCUT2D eigenvalue weighted by Gasteiger charge is -2.37. The number of piperidine rings is 1. The monoisotopic (exact) mass is 423 g/mol. The molecule has 1 aliphatic heterocycles. The Morgan fingerprint density at radius 3 is 2.50 bits per heavy atom. The van der Waals surface area contributed by atoms with Crippen LogP contribution in [0.4, 0.5) is 5.69 Å². The van der Waals surface area contributed by atoms with E-state index in [2.05, 4.69) is 10.2 Å². The van der Waals surface area contributed by atoms with Gasteiger partial charge >= 0.3 is 5.97 Å². The number of halogens is 3. The summed E-state index contributed by atoms with van der Waals surface area (Å²) in [5.41, 5.74) is 0.546. The number of benzene rings is 1. The minimum atomic E-state index is -0.802. The predicted molar refractivity (Wildman–Crippen MR) is 107 cm³/mol. The first kappa shape index (κ1) is 23.0. The molecule has 0 aromatic heterocycles. The van der Waals surface area contributed by atoms with Crippen molar-refractivity contribution in [2.24, 2.45) is 0 Å². The molecule has 0 saturated carbocycles. The van der Waals surface area contributed by atoms with E-state index < -0.39 is 5.97 Å². The molecule has 2 rings (SSSR count). The van der Waals surface area contributed by atoms with Crippen LogP contribution in [0.2, 0.25) is 10.0 Å². The van der Waals surface area contributed by atoms with Crippen LogP contribution in [-0.2, 0) is 9.59 Å². The molecular weight excluding hydrogens is 401 g/mol. The fourth-order valence-corrected chi connectivity index (χ4v) is 3.55. The molecule has 2 N–H and O–H groups in total. The third kappa shape index (κ3) is 6.93. The first-order valence-corrected chi connectivity index (χ1v) is 9.07. The van der Waals surface area contributed by atoms with Crippen molar-refractivity contribution in [3.63, 3.8) is 0 Å². The largest absolute Gasteiger partial charge is 0.480 e. The van der Waals surface area contributed by atoms with E-state index in [1.165, 1.54) is 0 Å². The Morgan fingerprint density at radius 2 is 1.96 bits per heavy atom. The van der Waals surface area contributed by atoms with Gasteiger partial charge in [0.15, 0.2) is 0 Å². The van der Waals surface area contributed by atoms with Gasteiger partial charge in [0.05, 0.1) is 23.8 Å². The standard InChI is InChI=1S/C17H23Cl2N3O3.ClH/c1-2-22(11-17(24)25)13-5-7-21(8-6-13)10-16(23)20-15-4-3-12(18)9-14(15)19;/h3-4,9,13H,2,5-8,10-11H2,1H3,(H,20,23)(H,24,25);1H. The SMILES string of the molecule is CCN(CC(=O)O)C1CCN(CC(=O)Nc2ccc(Cl)cc2Cl)CC1.Cl. The first-order chi connectivity index (χ1) is 11.9. The zero-order chi connectivity index (χ0) is 18.4. The molecule has 0 unspecified atom stereocenters. The van der Waals surface area contributed by atoms with Gasteiger partial charge in [0.25, 0.3) is 0 Å². The number of likely N-dealkylation sites (N-methyl/N-ethyl adjacent to an activating group) is 1. The van der Waals surface area contributed by atoms with E-state index in [-0.39, 0.29) is 37.4 Å². The highest BCUT2D eigenvalue weighted by atomic mass is 35.5. The number of amides is 1. The fraction of sp³-hybridized carbons (Fsp3) is 0.529. The summed E-state index contributed by atoms with van der Waals surface area (Å²) in [6.45, 7) is 4.57. The van der Waals surface area contributed by atoms with Crippen molar-refractivity contribution in [1.29, 1.82) is 0 Å². The van der Waals surface area contributed by atoms with Crippen molar-refractivity contribution < 1.29 is 14.7 Å². The van der Waals surface area contributed by atoms with Crippen molar-refractivity contribution in [2.45, 2.75) is 25.8 Å². The molecule has 1 aromatic rings. The maximum absolute atomic E-state index is 12.2. The van der Waals surface area contributed by atoms with Crippen molar-refractivity contribution >= 4 is 53.2 Å². The second kappa shape index (κ2) is 10.9. The molecule has 1 fully saturated rings. The van der Waals surface area contributed by atoms with Crippen LogP contribution in [0.15, 0.2) is 18.2 Å². The van der Waals surface area contributed by atoms with Gasteiger partial charge in [-0.05, 0) is 37.6 Å². The first-order valence-electron chi connectivity index (χ1n) is 8.32. The van der Waals surface area contributed by atoms with Crippen molar-refractivity contribution in [1.82, 2.24) is 9.80 Å². The number of hydrogen-bond donors (Lipinski definition) is 2. The molecule has 1 heterocycles. The molecule has 0 atom stereocenters. The summed E-state index contributed by atoms with van der Waals surface area (Å²) in [7, 11) is 0. The molecule has 9 heteroatoms. The van der Waals surface area contributed by atoms with E-state index in [9.17, 15) is 9.59 Å². The Morgan fingerprint density at radius 1 is 1.31 bits per heavy atom. The summed E-state index contributed by atoms with van der Waals surface area (Å²) in [5.74, 6) is -0.927. The highest BCUT2D eigenvalue weighted by Crippen LogP contribution is 2.25. The van der Waals surface area contributed by atoms with Gasteiger partial charge in [-0.3, -0.25) is 19.4 Å². The van der Waals surface area contributed by atoms with E-state index in [1.807, 2.05) is 11.8 Å². The van der Waals surface area contributed by atoms with E-state index in [0.29, 0.717) is 22.3 Å². The molecule has 26 heavy (non-hydrogen) atoms. The Hall–Kier alpha value is -1.05. The van der Waals surface area contributed by atoms with Gasteiger partial charge in [0.1, 0.15) is 0 Å². The maximum atomic E-state index is 12.2. The Kier molecular flexibility index (Phi) is 9.68. The Balaban J connectivity index is 0.00000338. The highest BCUT2D eigenvalue weighted by Gasteiger charge is 2.25. The molecule has 1 aromatic carbocycles. The lowest BCUT2D eigenvalue weighted by molar-refractivity contribution is -0.139. The molecule has 1 amide bonds. The number of likely N-dealkylation sites (tertiary alicyclic amines) is 1. The van der Waals surface area contributed by atoms with Gasteiger partial charge < -0.3 is 10.4 Å². The van der Waals surface area contributed by atoms with Crippen LogP contribution in [0.3, 0.4) is 0 Å². The molecule has 0 bridgehead atoms. The Bertz CT molecular complexity index is 623. The minimum Gasteiger partial charge on any atom is -0.480 e. The molecule has 1 saturated heterocycles. The zero-order valence-electron chi connectivity index (χ0n) is 14.6. The van der Waals surface area contributed by atoms with Crippen molar-refractivity contribution in [3.8, 4) is 0 Å². The lowest BCUT2D eigenvalue weighted by Crippen LogP contribution is -2.48. The van der Waals surface area contributed by atoms with Crippen LogP contribution in [0.1, 0.15) is 19.8 Å². The number of aliphatic carboxylic acids is 1. The van der Waals surface area contributed by atoms with Gasteiger partial charge in [0.2, 0.25) is 5.91 Å². The number of anilines is 1. The van der Waals surface area contributed by atoms with Crippen molar-refractivity contribution in [3.05, 3.63) is 28.2 Å². The summed E-state index contributed by atoms with van der Waals surface area (Å²) >= 11 is 11.9. The Labute approximate surface area is 169 Å². The third-order valence-electron chi connectivity index (χ3n) is 4.39. The minimum absolute atomic E-state index is 0. The number of hydrogen-bond acceptors (Lipinski definition) is 4.